The first kappa shape index (κ1) is 16.8. The van der Waals surface area contributed by atoms with Crippen molar-refractivity contribution in [3.05, 3.63) is 87.3 Å². The number of fused-ring (bicyclic) bond motifs is 1. The molecule has 134 valence electrons. The Bertz CT molecular complexity index is 1180. The second-order valence-electron chi connectivity index (χ2n) is 6.31. The maximum Gasteiger partial charge on any atom is 0.297 e. The van der Waals surface area contributed by atoms with Crippen LogP contribution < -0.4 is 5.56 Å². The Balaban J connectivity index is 1.78. The summed E-state index contributed by atoms with van der Waals surface area (Å²) in [6.07, 6.45) is 1.27. The summed E-state index contributed by atoms with van der Waals surface area (Å²) in [6, 6.07) is 16.1. The fourth-order valence-corrected chi connectivity index (χ4v) is 3.24. The molecule has 1 aliphatic carbocycles. The van der Waals surface area contributed by atoms with E-state index in [1.807, 2.05) is 30.3 Å². The van der Waals surface area contributed by atoms with Gasteiger partial charge in [0.05, 0.1) is 17.0 Å². The van der Waals surface area contributed by atoms with E-state index in [0.29, 0.717) is 16.8 Å². The Morgan fingerprint density at radius 2 is 1.59 bits per heavy atom. The zero-order valence-electron chi connectivity index (χ0n) is 14.9. The van der Waals surface area contributed by atoms with Crippen molar-refractivity contribution in [2.24, 2.45) is 12.0 Å². The van der Waals surface area contributed by atoms with Crippen LogP contribution in [0.4, 0.5) is 5.69 Å². The lowest BCUT2D eigenvalue weighted by molar-refractivity contribution is 0.104. The SMILES string of the molecule is Cc1c(N=CC2=C(O)c3ccccc3C2=O)c(=O)n(-c2ccccc2)n1C. The van der Waals surface area contributed by atoms with Crippen molar-refractivity contribution >= 4 is 23.4 Å². The maximum absolute atomic E-state index is 12.9. The number of allylic oxidation sites excluding steroid dienone is 1. The Labute approximate surface area is 155 Å². The van der Waals surface area contributed by atoms with Crippen LogP contribution in [0.25, 0.3) is 11.4 Å². The molecule has 1 heterocycles. The predicted molar refractivity (Wildman–Crippen MR) is 104 cm³/mol. The molecule has 0 amide bonds. The highest BCUT2D eigenvalue weighted by atomic mass is 16.3. The highest BCUT2D eigenvalue weighted by molar-refractivity contribution is 6.30. The van der Waals surface area contributed by atoms with Gasteiger partial charge in [-0.25, -0.2) is 9.67 Å². The van der Waals surface area contributed by atoms with Gasteiger partial charge in [-0.15, -0.1) is 0 Å². The first-order valence-corrected chi connectivity index (χ1v) is 8.46. The molecule has 3 aromatic rings. The average molecular weight is 359 g/mol. The van der Waals surface area contributed by atoms with Crippen LogP contribution in [0.5, 0.6) is 0 Å². The molecule has 1 aliphatic rings. The van der Waals surface area contributed by atoms with Gasteiger partial charge in [-0.3, -0.25) is 14.3 Å². The molecular formula is C21H17N3O3. The monoisotopic (exact) mass is 359 g/mol. The quantitative estimate of drug-likeness (QED) is 0.729. The third kappa shape index (κ3) is 2.54. The van der Waals surface area contributed by atoms with E-state index in [1.54, 1.807) is 42.9 Å². The fourth-order valence-electron chi connectivity index (χ4n) is 3.24. The summed E-state index contributed by atoms with van der Waals surface area (Å²) in [5.74, 6) is -0.417. The minimum Gasteiger partial charge on any atom is -0.506 e. The van der Waals surface area contributed by atoms with E-state index in [1.165, 1.54) is 10.9 Å². The molecule has 0 saturated carbocycles. The third-order valence-electron chi connectivity index (χ3n) is 4.77. The van der Waals surface area contributed by atoms with Crippen molar-refractivity contribution in [2.45, 2.75) is 6.92 Å². The summed E-state index contributed by atoms with van der Waals surface area (Å²) >= 11 is 0. The van der Waals surface area contributed by atoms with E-state index in [2.05, 4.69) is 4.99 Å². The van der Waals surface area contributed by atoms with Crippen LogP contribution in [0.15, 0.2) is 70.0 Å². The van der Waals surface area contributed by atoms with Gasteiger partial charge in [0.1, 0.15) is 5.76 Å². The summed E-state index contributed by atoms with van der Waals surface area (Å²) in [5.41, 5.74) is 2.32. The molecule has 6 nitrogen and oxygen atoms in total. The van der Waals surface area contributed by atoms with Crippen LogP contribution in [0.3, 0.4) is 0 Å². The average Bonchev–Trinajstić information content (AvgIpc) is 3.06. The number of aliphatic imine (C=N–C) groups is 1. The molecule has 2 aromatic carbocycles. The van der Waals surface area contributed by atoms with Gasteiger partial charge in [0, 0.05) is 24.4 Å². The highest BCUT2D eigenvalue weighted by Gasteiger charge is 2.28. The zero-order valence-corrected chi connectivity index (χ0v) is 14.9. The van der Waals surface area contributed by atoms with Gasteiger partial charge in [0.2, 0.25) is 0 Å². The maximum atomic E-state index is 12.9. The molecule has 0 radical (unpaired) electrons. The minimum absolute atomic E-state index is 0.0881. The Kier molecular flexibility index (Phi) is 3.88. The number of rotatable bonds is 3. The molecule has 6 heteroatoms. The lowest BCUT2D eigenvalue weighted by Gasteiger charge is -2.07. The highest BCUT2D eigenvalue weighted by Crippen LogP contribution is 2.30. The molecule has 0 atom stereocenters. The number of Topliss-reactive ketones (excluding diaryl/α,β-unsaturated/α-hetero) is 1. The molecule has 27 heavy (non-hydrogen) atoms. The van der Waals surface area contributed by atoms with Crippen molar-refractivity contribution < 1.29 is 9.90 Å². The lowest BCUT2D eigenvalue weighted by Crippen LogP contribution is -2.19. The second kappa shape index (κ2) is 6.25. The largest absolute Gasteiger partial charge is 0.506 e. The van der Waals surface area contributed by atoms with Crippen molar-refractivity contribution in [1.29, 1.82) is 0 Å². The first-order valence-electron chi connectivity index (χ1n) is 8.46. The normalized spacial score (nSPS) is 13.6. The Hall–Kier alpha value is -3.67. The number of hydrogen-bond donors (Lipinski definition) is 1. The van der Waals surface area contributed by atoms with Crippen LogP contribution in [-0.4, -0.2) is 26.5 Å². The number of carbonyl (C=O) groups excluding carboxylic acids is 1. The number of benzene rings is 2. The number of aliphatic hydroxyl groups excluding tert-OH is 1. The lowest BCUT2D eigenvalue weighted by atomic mass is 10.1. The van der Waals surface area contributed by atoms with E-state index in [4.69, 9.17) is 0 Å². The summed E-state index contributed by atoms with van der Waals surface area (Å²) in [7, 11) is 1.77. The van der Waals surface area contributed by atoms with E-state index in [0.717, 1.165) is 5.69 Å². The first-order chi connectivity index (χ1) is 13.0. The van der Waals surface area contributed by atoms with Crippen molar-refractivity contribution in [2.75, 3.05) is 0 Å². The van der Waals surface area contributed by atoms with Gasteiger partial charge < -0.3 is 5.11 Å². The molecule has 0 fully saturated rings. The number of hydrogen-bond acceptors (Lipinski definition) is 4. The summed E-state index contributed by atoms with van der Waals surface area (Å²) < 4.78 is 3.23. The molecule has 4 rings (SSSR count). The third-order valence-corrected chi connectivity index (χ3v) is 4.77. The molecule has 1 N–H and O–H groups in total. The standard InChI is InChI=1S/C21H17N3O3/c1-13-18(21(27)24(23(13)2)14-8-4-3-5-9-14)22-12-17-19(25)15-10-6-7-11-16(15)20(17)26/h3-12,25H,1-2H3. The predicted octanol–water partition coefficient (Wildman–Crippen LogP) is 3.35. The van der Waals surface area contributed by atoms with Gasteiger partial charge in [-0.1, -0.05) is 42.5 Å². The summed E-state index contributed by atoms with van der Waals surface area (Å²) in [5, 5.41) is 10.3. The topological polar surface area (TPSA) is 76.6 Å². The van der Waals surface area contributed by atoms with Crippen molar-refractivity contribution in [1.82, 2.24) is 9.36 Å². The Morgan fingerprint density at radius 3 is 2.26 bits per heavy atom. The second-order valence-corrected chi connectivity index (χ2v) is 6.31. The number of para-hydroxylation sites is 1. The Morgan fingerprint density at radius 1 is 0.963 bits per heavy atom. The van der Waals surface area contributed by atoms with Crippen LogP contribution in [0, 0.1) is 6.92 Å². The van der Waals surface area contributed by atoms with E-state index < -0.39 is 0 Å². The number of nitrogens with zero attached hydrogens (tertiary/aromatic N) is 3. The zero-order chi connectivity index (χ0) is 19.1. The number of aliphatic hydroxyl groups is 1. The fraction of sp³-hybridized carbons (Fsp3) is 0.0952. The van der Waals surface area contributed by atoms with Gasteiger partial charge in [0.25, 0.3) is 5.56 Å². The smallest absolute Gasteiger partial charge is 0.297 e. The van der Waals surface area contributed by atoms with Crippen LogP contribution in [-0.2, 0) is 7.05 Å². The van der Waals surface area contributed by atoms with Crippen molar-refractivity contribution in [3.8, 4) is 5.69 Å². The molecule has 0 bridgehead atoms. The molecule has 0 spiro atoms. The number of carbonyl (C=O) groups is 1. The number of aromatic nitrogens is 2. The van der Waals surface area contributed by atoms with Gasteiger partial charge in [0.15, 0.2) is 11.5 Å². The molecule has 0 saturated heterocycles. The van der Waals surface area contributed by atoms with E-state index in [9.17, 15) is 14.7 Å². The summed E-state index contributed by atoms with van der Waals surface area (Å²) in [6.45, 7) is 1.78. The molecule has 0 unspecified atom stereocenters. The van der Waals surface area contributed by atoms with E-state index >= 15 is 0 Å². The van der Waals surface area contributed by atoms with Crippen LogP contribution in [0.2, 0.25) is 0 Å². The van der Waals surface area contributed by atoms with Crippen LogP contribution in [0.1, 0.15) is 21.6 Å². The molecular weight excluding hydrogens is 342 g/mol. The van der Waals surface area contributed by atoms with Crippen molar-refractivity contribution in [3.63, 3.8) is 0 Å². The minimum atomic E-state index is -0.302. The van der Waals surface area contributed by atoms with Gasteiger partial charge in [-0.05, 0) is 19.1 Å². The van der Waals surface area contributed by atoms with Gasteiger partial charge in [-0.2, -0.15) is 0 Å². The van der Waals surface area contributed by atoms with E-state index in [-0.39, 0.29) is 28.4 Å². The summed E-state index contributed by atoms with van der Waals surface area (Å²) in [4.78, 5) is 29.6. The number of ketones is 1. The van der Waals surface area contributed by atoms with Gasteiger partial charge >= 0.3 is 0 Å². The molecule has 1 aromatic heterocycles. The van der Waals surface area contributed by atoms with Crippen LogP contribution >= 0.6 is 0 Å². The molecule has 0 aliphatic heterocycles.